The number of hydrogen-bond acceptors (Lipinski definition) is 8. The Morgan fingerprint density at radius 2 is 2.06 bits per heavy atom. The number of nitriles is 1. The summed E-state index contributed by atoms with van der Waals surface area (Å²) in [6.45, 7) is 3.41. The highest BCUT2D eigenvalue weighted by molar-refractivity contribution is 5.67. The Morgan fingerprint density at radius 1 is 1.15 bits per heavy atom. The van der Waals surface area contributed by atoms with Gasteiger partial charge in [-0.3, -0.25) is 4.98 Å². The third-order valence-corrected chi connectivity index (χ3v) is 5.71. The second kappa shape index (κ2) is 9.23. The Bertz CT molecular complexity index is 1340. The summed E-state index contributed by atoms with van der Waals surface area (Å²) in [5, 5.41) is 12.8. The quantitative estimate of drug-likeness (QED) is 0.469. The normalized spacial score (nSPS) is 15.3. The highest BCUT2D eigenvalue weighted by atomic mass is 19.1. The Kier molecular flexibility index (Phi) is 5.82. The fourth-order valence-corrected chi connectivity index (χ4v) is 3.89. The second-order valence-electron chi connectivity index (χ2n) is 8.07. The lowest BCUT2D eigenvalue weighted by molar-refractivity contribution is 0.364. The minimum atomic E-state index is -0.887. The molecule has 1 aliphatic rings. The maximum atomic E-state index is 13.6. The van der Waals surface area contributed by atoms with Crippen molar-refractivity contribution < 1.29 is 4.39 Å². The van der Waals surface area contributed by atoms with Crippen LogP contribution in [0.2, 0.25) is 0 Å². The van der Waals surface area contributed by atoms with Gasteiger partial charge >= 0.3 is 0 Å². The van der Waals surface area contributed by atoms with Crippen LogP contribution >= 0.6 is 0 Å². The van der Waals surface area contributed by atoms with Crippen LogP contribution in [0.25, 0.3) is 11.3 Å². The van der Waals surface area contributed by atoms with Crippen molar-refractivity contribution in [3.05, 3.63) is 72.3 Å². The van der Waals surface area contributed by atoms with E-state index in [1.807, 2.05) is 34.7 Å². The molecular weight excluding hydrogens is 433 g/mol. The summed E-state index contributed by atoms with van der Waals surface area (Å²) >= 11 is 0. The van der Waals surface area contributed by atoms with Gasteiger partial charge in [0.25, 0.3) is 0 Å². The first-order chi connectivity index (χ1) is 16.6. The van der Waals surface area contributed by atoms with Gasteiger partial charge in [-0.15, -0.1) is 0 Å². The molecule has 0 aliphatic carbocycles. The van der Waals surface area contributed by atoms with Gasteiger partial charge in [-0.1, -0.05) is 0 Å². The number of rotatable bonds is 6. The van der Waals surface area contributed by atoms with Crippen LogP contribution in [0.15, 0.2) is 55.2 Å². The van der Waals surface area contributed by atoms with Crippen LogP contribution in [0, 0.1) is 18.3 Å². The first kappa shape index (κ1) is 21.5. The number of nitrogens with one attached hydrogen (secondary N) is 1. The van der Waals surface area contributed by atoms with Gasteiger partial charge in [0.15, 0.2) is 0 Å². The fourth-order valence-electron chi connectivity index (χ4n) is 3.89. The fraction of sp³-hybridized carbons (Fsp3) is 0.250. The number of halogens is 1. The Morgan fingerprint density at radius 3 is 2.76 bits per heavy atom. The molecular formula is C24H22FN9. The molecule has 0 spiro atoms. The van der Waals surface area contributed by atoms with Gasteiger partial charge in [0, 0.05) is 36.9 Å². The lowest BCUT2D eigenvalue weighted by Gasteiger charge is -2.18. The lowest BCUT2D eigenvalue weighted by atomic mass is 10.1. The number of pyridine rings is 2. The van der Waals surface area contributed by atoms with Gasteiger partial charge in [-0.2, -0.15) is 5.26 Å². The van der Waals surface area contributed by atoms with E-state index in [0.717, 1.165) is 17.2 Å². The van der Waals surface area contributed by atoms with Gasteiger partial charge in [-0.25, -0.2) is 24.3 Å². The van der Waals surface area contributed by atoms with Gasteiger partial charge in [0.2, 0.25) is 5.95 Å². The number of aromatic nitrogens is 6. The topological polar surface area (TPSA) is 108 Å². The third-order valence-electron chi connectivity index (χ3n) is 5.71. The molecule has 9 nitrogen and oxygen atoms in total. The van der Waals surface area contributed by atoms with Crippen LogP contribution in [0.3, 0.4) is 0 Å². The summed E-state index contributed by atoms with van der Waals surface area (Å²) < 4.78 is 15.6. The van der Waals surface area contributed by atoms with Gasteiger partial charge in [-0.05, 0) is 37.6 Å². The monoisotopic (exact) mass is 455 g/mol. The van der Waals surface area contributed by atoms with Crippen molar-refractivity contribution in [1.82, 2.24) is 29.5 Å². The molecule has 0 amide bonds. The maximum absolute atomic E-state index is 13.6. The molecule has 34 heavy (non-hydrogen) atoms. The van der Waals surface area contributed by atoms with Crippen molar-refractivity contribution in [1.29, 1.82) is 5.26 Å². The van der Waals surface area contributed by atoms with Gasteiger partial charge in [0.05, 0.1) is 41.9 Å². The Hall–Kier alpha value is -4.39. The smallest absolute Gasteiger partial charge is 0.227 e. The first-order valence-corrected chi connectivity index (χ1v) is 10.9. The highest BCUT2D eigenvalue weighted by Gasteiger charge is 2.25. The summed E-state index contributed by atoms with van der Waals surface area (Å²) in [6.07, 6.45) is 8.28. The summed E-state index contributed by atoms with van der Waals surface area (Å²) in [6, 6.07) is 9.52. The van der Waals surface area contributed by atoms with Gasteiger partial charge < -0.3 is 14.8 Å². The van der Waals surface area contributed by atoms with Crippen LogP contribution in [0.5, 0.6) is 0 Å². The van der Waals surface area contributed by atoms with Crippen LogP contribution in [0.1, 0.15) is 23.5 Å². The molecule has 5 heterocycles. The van der Waals surface area contributed by atoms with Gasteiger partial charge in [0.1, 0.15) is 23.9 Å². The molecule has 1 unspecified atom stereocenters. The van der Waals surface area contributed by atoms with E-state index in [9.17, 15) is 9.65 Å². The van der Waals surface area contributed by atoms with Crippen molar-refractivity contribution in [3.8, 4) is 17.3 Å². The highest BCUT2D eigenvalue weighted by Crippen LogP contribution is 2.27. The Balaban J connectivity index is 1.32. The average molecular weight is 456 g/mol. The molecule has 1 fully saturated rings. The molecule has 0 saturated carbocycles. The zero-order chi connectivity index (χ0) is 23.5. The molecule has 5 rings (SSSR count). The number of alkyl halides is 1. The molecule has 1 saturated heterocycles. The maximum Gasteiger partial charge on any atom is 0.227 e. The minimum absolute atomic E-state index is 0.261. The van der Waals surface area contributed by atoms with E-state index >= 15 is 0 Å². The first-order valence-electron chi connectivity index (χ1n) is 10.9. The number of aryl methyl sites for hydroxylation is 1. The van der Waals surface area contributed by atoms with Crippen molar-refractivity contribution in [2.45, 2.75) is 26.1 Å². The van der Waals surface area contributed by atoms with E-state index in [-0.39, 0.29) is 6.54 Å². The van der Waals surface area contributed by atoms with E-state index in [2.05, 4.69) is 36.3 Å². The average Bonchev–Trinajstić information content (AvgIpc) is 3.48. The van der Waals surface area contributed by atoms with Crippen molar-refractivity contribution in [3.63, 3.8) is 0 Å². The zero-order valence-electron chi connectivity index (χ0n) is 18.6. The van der Waals surface area contributed by atoms with E-state index in [1.165, 1.54) is 0 Å². The lowest BCUT2D eigenvalue weighted by Crippen LogP contribution is -2.22. The number of anilines is 3. The standard InChI is InChI=1S/C24H22FN9/c1-16-27-7-9-33(16)15-21-3-2-20(13-29-21)31-24-28-6-4-22(32-24)18-10-17(11-26)23(30-12-18)34-8-5-19(25)14-34/h2-4,6-7,9-10,12-13,19H,5,8,14-15H2,1H3,(H,28,31,32). The molecule has 10 heteroatoms. The van der Waals surface area contributed by atoms with E-state index in [1.54, 1.807) is 36.9 Å². The second-order valence-corrected chi connectivity index (χ2v) is 8.07. The summed E-state index contributed by atoms with van der Waals surface area (Å²) in [5.74, 6) is 1.85. The van der Waals surface area contributed by atoms with E-state index in [0.29, 0.717) is 48.1 Å². The van der Waals surface area contributed by atoms with E-state index in [4.69, 9.17) is 0 Å². The van der Waals surface area contributed by atoms with Crippen LogP contribution < -0.4 is 10.2 Å². The largest absolute Gasteiger partial charge is 0.352 e. The predicted octanol–water partition coefficient (Wildman–Crippen LogP) is 3.65. The van der Waals surface area contributed by atoms with Crippen molar-refractivity contribution >= 4 is 17.5 Å². The zero-order valence-corrected chi connectivity index (χ0v) is 18.6. The number of imidazole rings is 1. The van der Waals surface area contributed by atoms with Crippen LogP contribution in [-0.4, -0.2) is 48.7 Å². The molecule has 4 aromatic heterocycles. The van der Waals surface area contributed by atoms with Crippen molar-refractivity contribution in [2.75, 3.05) is 23.3 Å². The molecule has 1 aliphatic heterocycles. The van der Waals surface area contributed by atoms with Crippen LogP contribution in [0.4, 0.5) is 21.8 Å². The SMILES string of the molecule is Cc1nccn1Cc1ccc(Nc2nccc(-c3cnc(N4CCC(F)C4)c(C#N)c3)n2)cn1. The third kappa shape index (κ3) is 4.54. The molecule has 0 aromatic carbocycles. The molecule has 4 aromatic rings. The minimum Gasteiger partial charge on any atom is -0.352 e. The van der Waals surface area contributed by atoms with E-state index < -0.39 is 6.17 Å². The summed E-state index contributed by atoms with van der Waals surface area (Å²) in [7, 11) is 0. The molecule has 1 atom stereocenters. The molecule has 1 N–H and O–H groups in total. The molecule has 0 bridgehead atoms. The Labute approximate surface area is 196 Å². The predicted molar refractivity (Wildman–Crippen MR) is 125 cm³/mol. The molecule has 0 radical (unpaired) electrons. The number of hydrogen-bond donors (Lipinski definition) is 1. The van der Waals surface area contributed by atoms with Crippen molar-refractivity contribution in [2.24, 2.45) is 0 Å². The number of nitrogens with zero attached hydrogens (tertiary/aromatic N) is 8. The molecule has 170 valence electrons. The summed E-state index contributed by atoms with van der Waals surface area (Å²) in [5.41, 5.74) is 3.37. The summed E-state index contributed by atoms with van der Waals surface area (Å²) in [4.78, 5) is 23.8. The van der Waals surface area contributed by atoms with Crippen LogP contribution in [-0.2, 0) is 6.54 Å².